The Morgan fingerprint density at radius 3 is 1.97 bits per heavy atom. The number of carbonyl (C=O) groups is 2. The van der Waals surface area contributed by atoms with Gasteiger partial charge in [0, 0.05) is 5.56 Å². The highest BCUT2D eigenvalue weighted by Gasteiger charge is 2.60. The van der Waals surface area contributed by atoms with Crippen molar-refractivity contribution < 1.29 is 19.5 Å². The topological polar surface area (TPSA) is 70.1 Å². The summed E-state index contributed by atoms with van der Waals surface area (Å²) >= 11 is 0. The number of hydrogen-bond donors (Lipinski definition) is 1. The summed E-state index contributed by atoms with van der Waals surface area (Å²) in [7, 11) is 0. The minimum absolute atomic E-state index is 0.0566. The fourth-order valence-corrected chi connectivity index (χ4v) is 4.10. The molecule has 2 aliphatic heterocycles. The van der Waals surface area contributed by atoms with Gasteiger partial charge in [0.25, 0.3) is 5.91 Å². The Hall–Kier alpha value is -3.64. The SMILES string of the molecule is O=C1C2ON(c3ccccc3)C(c3ccccc3O)C2C(=O)N1c1ccccc1. The number of amides is 2. The molecule has 3 aromatic rings. The van der Waals surface area contributed by atoms with Gasteiger partial charge in [0.15, 0.2) is 6.10 Å². The molecule has 6 nitrogen and oxygen atoms in total. The van der Waals surface area contributed by atoms with Gasteiger partial charge in [0.1, 0.15) is 11.7 Å². The maximum absolute atomic E-state index is 13.4. The molecule has 2 fully saturated rings. The van der Waals surface area contributed by atoms with Gasteiger partial charge in [-0.1, -0.05) is 54.6 Å². The molecule has 6 heteroatoms. The normalized spacial score (nSPS) is 23.5. The Bertz CT molecular complexity index is 1070. The number of aromatic hydroxyl groups is 1. The predicted molar refractivity (Wildman–Crippen MR) is 107 cm³/mol. The number of imide groups is 1. The van der Waals surface area contributed by atoms with E-state index in [-0.39, 0.29) is 11.7 Å². The maximum atomic E-state index is 13.4. The zero-order chi connectivity index (χ0) is 20.0. The van der Waals surface area contributed by atoms with Gasteiger partial charge >= 0.3 is 0 Å². The van der Waals surface area contributed by atoms with Gasteiger partial charge in [-0.2, -0.15) is 0 Å². The third-order valence-electron chi connectivity index (χ3n) is 5.40. The summed E-state index contributed by atoms with van der Waals surface area (Å²) in [5, 5.41) is 12.1. The first kappa shape index (κ1) is 17.5. The first-order valence-corrected chi connectivity index (χ1v) is 9.38. The van der Waals surface area contributed by atoms with Gasteiger partial charge in [0.2, 0.25) is 5.91 Å². The molecule has 3 unspecified atom stereocenters. The Morgan fingerprint density at radius 1 is 0.724 bits per heavy atom. The molecule has 5 rings (SSSR count). The molecular formula is C23H18N2O4. The van der Waals surface area contributed by atoms with Crippen LogP contribution in [0.25, 0.3) is 0 Å². The standard InChI is InChI=1S/C23H18N2O4/c26-18-14-8-7-13-17(18)20-19-21(29-25(20)16-11-5-2-6-12-16)23(28)24(22(19)27)15-9-3-1-4-10-15/h1-14,19-21,26H. The van der Waals surface area contributed by atoms with Gasteiger partial charge in [-0.3, -0.25) is 14.4 Å². The Balaban J connectivity index is 1.62. The van der Waals surface area contributed by atoms with Crippen LogP contribution in [0.2, 0.25) is 0 Å². The number of hydrogen-bond acceptors (Lipinski definition) is 5. The first-order chi connectivity index (χ1) is 14.2. The maximum Gasteiger partial charge on any atom is 0.266 e. The van der Waals surface area contributed by atoms with Crippen LogP contribution in [-0.4, -0.2) is 23.0 Å². The summed E-state index contributed by atoms with van der Waals surface area (Å²) in [4.78, 5) is 33.7. The number of fused-ring (bicyclic) bond motifs is 1. The van der Waals surface area contributed by atoms with E-state index in [4.69, 9.17) is 4.84 Å². The highest BCUT2D eigenvalue weighted by molar-refractivity contribution is 6.23. The molecule has 0 radical (unpaired) electrons. The average molecular weight is 386 g/mol. The van der Waals surface area contributed by atoms with E-state index in [0.29, 0.717) is 16.9 Å². The van der Waals surface area contributed by atoms with Crippen LogP contribution in [-0.2, 0) is 14.4 Å². The number of hydroxylamine groups is 1. The summed E-state index contributed by atoms with van der Waals surface area (Å²) in [5.74, 6) is -1.44. The number of rotatable bonds is 3. The molecule has 2 amide bonds. The Labute approximate surface area is 167 Å². The summed E-state index contributed by atoms with van der Waals surface area (Å²) < 4.78 is 0. The zero-order valence-corrected chi connectivity index (χ0v) is 15.4. The lowest BCUT2D eigenvalue weighted by molar-refractivity contribution is -0.126. The number of phenolic OH excluding ortho intramolecular Hbond substituents is 1. The predicted octanol–water partition coefficient (Wildman–Crippen LogP) is 3.44. The number of benzene rings is 3. The number of nitrogens with zero attached hydrogens (tertiary/aromatic N) is 2. The molecule has 144 valence electrons. The van der Waals surface area contributed by atoms with Gasteiger partial charge in [-0.15, -0.1) is 0 Å². The van der Waals surface area contributed by atoms with Crippen LogP contribution in [0.1, 0.15) is 11.6 Å². The third kappa shape index (κ3) is 2.68. The molecule has 0 saturated carbocycles. The molecule has 0 aliphatic carbocycles. The molecule has 3 atom stereocenters. The second kappa shape index (κ2) is 6.76. The van der Waals surface area contributed by atoms with E-state index >= 15 is 0 Å². The lowest BCUT2D eigenvalue weighted by Gasteiger charge is -2.29. The lowest BCUT2D eigenvalue weighted by atomic mass is 9.90. The van der Waals surface area contributed by atoms with E-state index in [1.165, 1.54) is 4.90 Å². The van der Waals surface area contributed by atoms with Crippen molar-refractivity contribution in [1.29, 1.82) is 0 Å². The molecule has 0 spiro atoms. The number of carbonyl (C=O) groups excluding carboxylic acids is 2. The molecule has 2 aliphatic rings. The molecule has 29 heavy (non-hydrogen) atoms. The van der Waals surface area contributed by atoms with E-state index < -0.39 is 24.0 Å². The number of anilines is 2. The zero-order valence-electron chi connectivity index (χ0n) is 15.4. The lowest BCUT2D eigenvalue weighted by Crippen LogP contribution is -2.37. The highest BCUT2D eigenvalue weighted by Crippen LogP contribution is 2.49. The summed E-state index contributed by atoms with van der Waals surface area (Å²) in [6.07, 6.45) is -0.951. The fraction of sp³-hybridized carbons (Fsp3) is 0.130. The van der Waals surface area contributed by atoms with Crippen LogP contribution in [0.4, 0.5) is 11.4 Å². The van der Waals surface area contributed by atoms with E-state index in [9.17, 15) is 14.7 Å². The van der Waals surface area contributed by atoms with Crippen molar-refractivity contribution in [2.45, 2.75) is 12.1 Å². The molecule has 0 aromatic heterocycles. The second-order valence-corrected chi connectivity index (χ2v) is 7.06. The molecule has 2 saturated heterocycles. The van der Waals surface area contributed by atoms with Crippen LogP contribution in [0.5, 0.6) is 5.75 Å². The smallest absolute Gasteiger partial charge is 0.266 e. The fourth-order valence-electron chi connectivity index (χ4n) is 4.10. The van der Waals surface area contributed by atoms with Crippen molar-refractivity contribution in [3.05, 3.63) is 90.5 Å². The molecule has 2 heterocycles. The van der Waals surface area contributed by atoms with Crippen molar-refractivity contribution in [2.75, 3.05) is 9.96 Å². The Morgan fingerprint density at radius 2 is 1.31 bits per heavy atom. The van der Waals surface area contributed by atoms with Crippen LogP contribution in [0.15, 0.2) is 84.9 Å². The number of phenols is 1. The molecule has 3 aromatic carbocycles. The summed E-state index contributed by atoms with van der Waals surface area (Å²) in [5.41, 5.74) is 1.77. The van der Waals surface area contributed by atoms with Gasteiger partial charge in [-0.05, 0) is 30.3 Å². The summed E-state index contributed by atoms with van der Waals surface area (Å²) in [6.45, 7) is 0. The van der Waals surface area contributed by atoms with Crippen molar-refractivity contribution in [2.24, 2.45) is 5.92 Å². The van der Waals surface area contributed by atoms with Gasteiger partial charge in [-0.25, -0.2) is 9.96 Å². The molecule has 0 bridgehead atoms. The van der Waals surface area contributed by atoms with Gasteiger partial charge in [0.05, 0.1) is 17.4 Å². The van der Waals surface area contributed by atoms with Crippen LogP contribution in [0.3, 0.4) is 0 Å². The third-order valence-corrected chi connectivity index (χ3v) is 5.40. The quantitative estimate of drug-likeness (QED) is 0.699. The minimum atomic E-state index is -0.951. The van der Waals surface area contributed by atoms with Crippen LogP contribution in [0, 0.1) is 5.92 Å². The number of para-hydroxylation sites is 3. The summed E-state index contributed by atoms with van der Waals surface area (Å²) in [6, 6.07) is 24.3. The van der Waals surface area contributed by atoms with Crippen LogP contribution >= 0.6 is 0 Å². The molecular weight excluding hydrogens is 368 g/mol. The average Bonchev–Trinajstić information content (AvgIpc) is 3.26. The minimum Gasteiger partial charge on any atom is -0.508 e. The van der Waals surface area contributed by atoms with E-state index in [2.05, 4.69) is 0 Å². The van der Waals surface area contributed by atoms with Crippen molar-refractivity contribution in [3.8, 4) is 5.75 Å². The van der Waals surface area contributed by atoms with Crippen molar-refractivity contribution >= 4 is 23.2 Å². The van der Waals surface area contributed by atoms with E-state index in [1.54, 1.807) is 53.6 Å². The first-order valence-electron chi connectivity index (χ1n) is 9.38. The van der Waals surface area contributed by atoms with Crippen molar-refractivity contribution in [1.82, 2.24) is 0 Å². The van der Waals surface area contributed by atoms with Gasteiger partial charge < -0.3 is 5.11 Å². The molecule has 1 N–H and O–H groups in total. The second-order valence-electron chi connectivity index (χ2n) is 7.06. The van der Waals surface area contributed by atoms with Crippen LogP contribution < -0.4 is 9.96 Å². The van der Waals surface area contributed by atoms with E-state index in [0.717, 1.165) is 0 Å². The monoisotopic (exact) mass is 386 g/mol. The van der Waals surface area contributed by atoms with E-state index in [1.807, 2.05) is 36.4 Å². The van der Waals surface area contributed by atoms with Crippen molar-refractivity contribution in [3.63, 3.8) is 0 Å². The highest BCUT2D eigenvalue weighted by atomic mass is 16.7. The Kier molecular flexibility index (Phi) is 4.07. The largest absolute Gasteiger partial charge is 0.508 e.